The molecule has 0 aliphatic rings. The van der Waals surface area contributed by atoms with Crippen LogP contribution in [0.2, 0.25) is 0 Å². The minimum absolute atomic E-state index is 0.0292. The first kappa shape index (κ1) is 24.9. The molecule has 9 nitrogen and oxygen atoms in total. The molecule has 2 atom stereocenters. The molecule has 0 fully saturated rings. The molecule has 0 radical (unpaired) electrons. The first-order valence-corrected chi connectivity index (χ1v) is 9.50. The molecule has 0 aromatic heterocycles. The monoisotopic (exact) mass is 421 g/mol. The van der Waals surface area contributed by atoms with Gasteiger partial charge in [-0.25, -0.2) is 0 Å². The Morgan fingerprint density at radius 1 is 1.03 bits per heavy atom. The van der Waals surface area contributed by atoms with Crippen LogP contribution < -0.4 is 0 Å². The third-order valence-electron chi connectivity index (χ3n) is 4.48. The highest BCUT2D eigenvalue weighted by Gasteiger charge is 2.51. The van der Waals surface area contributed by atoms with Gasteiger partial charge in [0.1, 0.15) is 11.7 Å². The lowest BCUT2D eigenvalue weighted by atomic mass is 9.70. The zero-order chi connectivity index (χ0) is 23.2. The molecule has 0 unspecified atom stereocenters. The second-order valence-electron chi connectivity index (χ2n) is 7.58. The summed E-state index contributed by atoms with van der Waals surface area (Å²) in [5, 5.41) is 11.2. The molecule has 164 valence electrons. The molecule has 1 aromatic rings. The summed E-state index contributed by atoms with van der Waals surface area (Å²) in [5.41, 5.74) is -2.47. The van der Waals surface area contributed by atoms with Gasteiger partial charge in [0, 0.05) is 12.1 Å². The van der Waals surface area contributed by atoms with Crippen LogP contribution in [0.5, 0.6) is 0 Å². The van der Waals surface area contributed by atoms with Crippen molar-refractivity contribution in [2.24, 2.45) is 5.92 Å². The molecule has 1 aromatic carbocycles. The van der Waals surface area contributed by atoms with Crippen LogP contribution in [-0.2, 0) is 34.1 Å². The number of Topliss-reactive ketones (excluding diaryl/α,β-unsaturated/α-hetero) is 2. The van der Waals surface area contributed by atoms with Gasteiger partial charge in [-0.3, -0.25) is 29.3 Å². The topological polar surface area (TPSA) is 130 Å². The molecule has 30 heavy (non-hydrogen) atoms. The van der Waals surface area contributed by atoms with E-state index in [1.54, 1.807) is 27.7 Å². The second-order valence-corrected chi connectivity index (χ2v) is 7.58. The van der Waals surface area contributed by atoms with E-state index in [0.717, 1.165) is 19.9 Å². The first-order chi connectivity index (χ1) is 13.8. The van der Waals surface area contributed by atoms with Gasteiger partial charge < -0.3 is 9.47 Å². The van der Waals surface area contributed by atoms with Crippen molar-refractivity contribution in [2.75, 3.05) is 0 Å². The van der Waals surface area contributed by atoms with Gasteiger partial charge in [-0.15, -0.1) is 0 Å². The number of nitro benzene ring substituents is 1. The Morgan fingerprint density at radius 2 is 1.60 bits per heavy atom. The molecule has 0 heterocycles. The fraction of sp³-hybridized carbons (Fsp3) is 0.524. The van der Waals surface area contributed by atoms with Crippen molar-refractivity contribution in [1.29, 1.82) is 0 Å². The van der Waals surface area contributed by atoms with Crippen molar-refractivity contribution >= 4 is 29.2 Å². The van der Waals surface area contributed by atoms with Crippen LogP contribution >= 0.6 is 0 Å². The fourth-order valence-electron chi connectivity index (χ4n) is 3.02. The molecule has 0 saturated heterocycles. The van der Waals surface area contributed by atoms with Gasteiger partial charge in [-0.2, -0.15) is 0 Å². The van der Waals surface area contributed by atoms with Gasteiger partial charge >= 0.3 is 11.9 Å². The highest BCUT2D eigenvalue weighted by Crippen LogP contribution is 2.37. The summed E-state index contributed by atoms with van der Waals surface area (Å²) in [5.74, 6) is -4.62. The van der Waals surface area contributed by atoms with Crippen molar-refractivity contribution in [2.45, 2.75) is 65.6 Å². The maximum absolute atomic E-state index is 13.1. The summed E-state index contributed by atoms with van der Waals surface area (Å²) in [6, 6.07) is 4.97. The lowest BCUT2D eigenvalue weighted by Gasteiger charge is -2.32. The highest BCUT2D eigenvalue weighted by atomic mass is 16.6. The summed E-state index contributed by atoms with van der Waals surface area (Å²) in [4.78, 5) is 61.3. The van der Waals surface area contributed by atoms with Gasteiger partial charge in [-0.1, -0.05) is 12.1 Å². The molecule has 0 amide bonds. The first-order valence-electron chi connectivity index (χ1n) is 9.50. The average molecular weight is 421 g/mol. The van der Waals surface area contributed by atoms with E-state index in [9.17, 15) is 29.3 Å². The third-order valence-corrected chi connectivity index (χ3v) is 4.48. The average Bonchev–Trinajstić information content (AvgIpc) is 2.60. The van der Waals surface area contributed by atoms with Crippen LogP contribution in [0, 0.1) is 16.0 Å². The van der Waals surface area contributed by atoms with Crippen LogP contribution in [0.3, 0.4) is 0 Å². The number of hydrogen-bond acceptors (Lipinski definition) is 8. The Balaban J connectivity index is 3.70. The number of benzene rings is 1. The maximum Gasteiger partial charge on any atom is 0.324 e. The number of hydrogen-bond donors (Lipinski definition) is 0. The molecular formula is C21H27NO8. The molecule has 0 bridgehead atoms. The summed E-state index contributed by atoms with van der Waals surface area (Å²) < 4.78 is 10.4. The van der Waals surface area contributed by atoms with Crippen molar-refractivity contribution < 1.29 is 33.6 Å². The van der Waals surface area contributed by atoms with Crippen molar-refractivity contribution in [1.82, 2.24) is 0 Å². The number of ether oxygens (including phenoxy) is 2. The van der Waals surface area contributed by atoms with Crippen LogP contribution in [0.1, 0.15) is 53.5 Å². The normalized spacial score (nSPS) is 14.0. The molecule has 0 N–H and O–H groups in total. The Kier molecular flexibility index (Phi) is 8.38. The summed E-state index contributed by atoms with van der Waals surface area (Å²) in [6.07, 6.45) is -1.68. The number of carbonyl (C=O) groups excluding carboxylic acids is 4. The molecule has 0 aliphatic carbocycles. The van der Waals surface area contributed by atoms with Gasteiger partial charge in [0.25, 0.3) is 5.69 Å². The third kappa shape index (κ3) is 5.71. The van der Waals surface area contributed by atoms with Crippen LogP contribution in [-0.4, -0.2) is 40.6 Å². The summed E-state index contributed by atoms with van der Waals surface area (Å²) in [7, 11) is 0. The van der Waals surface area contributed by atoms with E-state index in [4.69, 9.17) is 9.47 Å². The van der Waals surface area contributed by atoms with E-state index in [-0.39, 0.29) is 11.3 Å². The van der Waals surface area contributed by atoms with E-state index < -0.39 is 58.4 Å². The Labute approximate surface area is 174 Å². The number of rotatable bonds is 10. The van der Waals surface area contributed by atoms with Gasteiger partial charge in [0.05, 0.1) is 17.1 Å². The number of carbonyl (C=O) groups is 4. The van der Waals surface area contributed by atoms with Gasteiger partial charge in [0.2, 0.25) is 0 Å². The summed E-state index contributed by atoms with van der Waals surface area (Å²) in [6.45, 7) is 8.61. The molecule has 0 saturated carbocycles. The lowest BCUT2D eigenvalue weighted by molar-refractivity contribution is -0.384. The molecule has 1 rings (SSSR count). The van der Waals surface area contributed by atoms with Crippen LogP contribution in [0.25, 0.3) is 0 Å². The van der Waals surface area contributed by atoms with Crippen LogP contribution in [0.4, 0.5) is 5.69 Å². The van der Waals surface area contributed by atoms with E-state index >= 15 is 0 Å². The van der Waals surface area contributed by atoms with Gasteiger partial charge in [-0.05, 0) is 53.5 Å². The predicted molar refractivity (Wildman–Crippen MR) is 107 cm³/mol. The number of nitro groups is 1. The van der Waals surface area contributed by atoms with Crippen LogP contribution in [0.15, 0.2) is 24.3 Å². The Hall–Kier alpha value is -3.10. The Bertz CT molecular complexity index is 845. The van der Waals surface area contributed by atoms with Crippen molar-refractivity contribution in [3.8, 4) is 0 Å². The number of ketones is 2. The quantitative estimate of drug-likeness (QED) is 0.244. The highest BCUT2D eigenvalue weighted by molar-refractivity contribution is 6.10. The standard InChI is InChI=1S/C21H27NO8/c1-12(2)29-19(25)18(14(5)23)11-21(15(6)24,20(26)30-13(3)4)16-8-7-9-17(10-16)22(27)28/h7-10,12-13,18H,11H2,1-6H3/t18-,21+/m0/s1. The lowest BCUT2D eigenvalue weighted by Crippen LogP contribution is -2.48. The minimum atomic E-state index is -2.09. The molecule has 0 aliphatic heterocycles. The number of esters is 2. The molecular weight excluding hydrogens is 394 g/mol. The number of non-ortho nitro benzene ring substituents is 1. The predicted octanol–water partition coefficient (Wildman–Crippen LogP) is 2.92. The zero-order valence-electron chi connectivity index (χ0n) is 18.0. The van der Waals surface area contributed by atoms with E-state index in [2.05, 4.69) is 0 Å². The summed E-state index contributed by atoms with van der Waals surface area (Å²) >= 11 is 0. The molecule has 0 spiro atoms. The molecule has 9 heteroatoms. The second kappa shape index (κ2) is 10.1. The Morgan fingerprint density at radius 3 is 2.03 bits per heavy atom. The van der Waals surface area contributed by atoms with E-state index in [1.165, 1.54) is 18.2 Å². The maximum atomic E-state index is 13.1. The van der Waals surface area contributed by atoms with Crippen molar-refractivity contribution in [3.05, 3.63) is 39.9 Å². The SMILES string of the molecule is CC(=O)[C@H](C[C@](C(C)=O)(C(=O)OC(C)C)c1cccc([N+](=O)[O-])c1)C(=O)OC(C)C. The van der Waals surface area contributed by atoms with Crippen molar-refractivity contribution in [3.63, 3.8) is 0 Å². The largest absolute Gasteiger partial charge is 0.462 e. The van der Waals surface area contributed by atoms with E-state index in [1.807, 2.05) is 0 Å². The number of nitrogens with zero attached hydrogens (tertiary/aromatic N) is 1. The van der Waals surface area contributed by atoms with E-state index in [0.29, 0.717) is 0 Å². The fourth-order valence-corrected chi connectivity index (χ4v) is 3.02. The zero-order valence-corrected chi connectivity index (χ0v) is 18.0. The van der Waals surface area contributed by atoms with Gasteiger partial charge in [0.15, 0.2) is 11.2 Å². The smallest absolute Gasteiger partial charge is 0.324 e. The minimum Gasteiger partial charge on any atom is -0.462 e.